The summed E-state index contributed by atoms with van der Waals surface area (Å²) in [6.45, 7) is 5.80. The molecule has 26 heavy (non-hydrogen) atoms. The van der Waals surface area contributed by atoms with Crippen LogP contribution in [0.1, 0.15) is 17.5 Å². The molecular formula is C21H26ClFN2O. The van der Waals surface area contributed by atoms with Crippen LogP contribution >= 0.6 is 11.6 Å². The zero-order chi connectivity index (χ0) is 18.4. The lowest BCUT2D eigenvalue weighted by atomic mass is 10.1. The number of rotatable bonds is 7. The highest BCUT2D eigenvalue weighted by molar-refractivity contribution is 6.31. The molecule has 0 aromatic heterocycles. The minimum absolute atomic E-state index is 0.140. The third-order valence-corrected chi connectivity index (χ3v) is 5.28. The van der Waals surface area contributed by atoms with Crippen molar-refractivity contribution in [2.45, 2.75) is 19.4 Å². The molecule has 1 aliphatic heterocycles. The van der Waals surface area contributed by atoms with E-state index in [-0.39, 0.29) is 12.4 Å². The second-order valence-electron chi connectivity index (χ2n) is 6.85. The summed E-state index contributed by atoms with van der Waals surface area (Å²) in [7, 11) is 2.17. The molecule has 1 heterocycles. The van der Waals surface area contributed by atoms with Gasteiger partial charge < -0.3 is 14.5 Å². The lowest BCUT2D eigenvalue weighted by Gasteiger charge is -2.32. The summed E-state index contributed by atoms with van der Waals surface area (Å²) in [5.74, 6) is 0.482. The van der Waals surface area contributed by atoms with Gasteiger partial charge in [0.1, 0.15) is 18.2 Å². The molecule has 0 radical (unpaired) electrons. The summed E-state index contributed by atoms with van der Waals surface area (Å²) in [6, 6.07) is 12.7. The average Bonchev–Trinajstić information content (AvgIpc) is 2.64. The zero-order valence-corrected chi connectivity index (χ0v) is 16.0. The van der Waals surface area contributed by atoms with Gasteiger partial charge in [0.2, 0.25) is 0 Å². The first-order chi connectivity index (χ1) is 12.6. The molecule has 2 aromatic carbocycles. The van der Waals surface area contributed by atoms with Crippen molar-refractivity contribution in [2.75, 3.05) is 39.8 Å². The van der Waals surface area contributed by atoms with Gasteiger partial charge in [-0.15, -0.1) is 0 Å². The monoisotopic (exact) mass is 376 g/mol. The number of ether oxygens (including phenoxy) is 1. The van der Waals surface area contributed by atoms with Gasteiger partial charge in [-0.2, -0.15) is 0 Å². The van der Waals surface area contributed by atoms with Crippen LogP contribution in [0.15, 0.2) is 42.5 Å². The van der Waals surface area contributed by atoms with E-state index in [1.807, 2.05) is 18.2 Å². The van der Waals surface area contributed by atoms with Gasteiger partial charge in [0.25, 0.3) is 0 Å². The van der Waals surface area contributed by atoms with Crippen LogP contribution < -0.4 is 4.74 Å². The van der Waals surface area contributed by atoms with E-state index in [0.717, 1.165) is 56.9 Å². The van der Waals surface area contributed by atoms with E-state index in [1.165, 1.54) is 6.07 Å². The van der Waals surface area contributed by atoms with Gasteiger partial charge in [-0.3, -0.25) is 0 Å². The Hall–Kier alpha value is -1.62. The Kier molecular flexibility index (Phi) is 6.89. The van der Waals surface area contributed by atoms with Gasteiger partial charge in [0.05, 0.1) is 5.02 Å². The van der Waals surface area contributed by atoms with Crippen molar-refractivity contribution in [3.63, 3.8) is 0 Å². The van der Waals surface area contributed by atoms with Crippen LogP contribution in [0.2, 0.25) is 5.02 Å². The number of hydrogen-bond acceptors (Lipinski definition) is 3. The first kappa shape index (κ1) is 19.2. The highest BCUT2D eigenvalue weighted by atomic mass is 35.5. The molecule has 1 aliphatic rings. The van der Waals surface area contributed by atoms with Crippen molar-refractivity contribution in [2.24, 2.45) is 0 Å². The maximum Gasteiger partial charge on any atom is 0.131 e. The van der Waals surface area contributed by atoms with Crippen molar-refractivity contribution >= 4 is 11.6 Å². The Morgan fingerprint density at radius 1 is 1.04 bits per heavy atom. The Balaban J connectivity index is 1.54. The Morgan fingerprint density at radius 3 is 2.58 bits per heavy atom. The molecule has 0 aliphatic carbocycles. The SMILES string of the molecule is CN1CCN(CCCc2ccccc2OCc2c(F)cccc2Cl)CC1. The second-order valence-corrected chi connectivity index (χ2v) is 7.25. The third kappa shape index (κ3) is 5.19. The fourth-order valence-corrected chi connectivity index (χ4v) is 3.45. The van der Waals surface area contributed by atoms with Crippen molar-refractivity contribution < 1.29 is 9.13 Å². The lowest BCUT2D eigenvalue weighted by Crippen LogP contribution is -2.44. The lowest BCUT2D eigenvalue weighted by molar-refractivity contribution is 0.153. The fourth-order valence-electron chi connectivity index (χ4n) is 3.24. The number of nitrogens with zero attached hydrogens (tertiary/aromatic N) is 2. The fraction of sp³-hybridized carbons (Fsp3) is 0.429. The Bertz CT molecular complexity index is 697. The van der Waals surface area contributed by atoms with Crippen molar-refractivity contribution in [3.05, 3.63) is 64.4 Å². The Labute approximate surface area is 160 Å². The molecule has 0 spiro atoms. The normalized spacial score (nSPS) is 16.0. The molecule has 0 saturated carbocycles. The van der Waals surface area contributed by atoms with Crippen LogP contribution in [0.5, 0.6) is 5.75 Å². The van der Waals surface area contributed by atoms with Crippen LogP contribution in [-0.2, 0) is 13.0 Å². The topological polar surface area (TPSA) is 15.7 Å². The van der Waals surface area contributed by atoms with Crippen LogP contribution in [0.25, 0.3) is 0 Å². The molecule has 1 saturated heterocycles. The zero-order valence-electron chi connectivity index (χ0n) is 15.3. The van der Waals surface area contributed by atoms with Crippen molar-refractivity contribution in [1.29, 1.82) is 0 Å². The highest BCUT2D eigenvalue weighted by Crippen LogP contribution is 2.24. The van der Waals surface area contributed by atoms with E-state index >= 15 is 0 Å². The molecule has 140 valence electrons. The molecule has 5 heteroatoms. The van der Waals surface area contributed by atoms with E-state index < -0.39 is 0 Å². The minimum atomic E-state index is -0.329. The van der Waals surface area contributed by atoms with Gasteiger partial charge in [-0.25, -0.2) is 4.39 Å². The van der Waals surface area contributed by atoms with Gasteiger partial charge in [0.15, 0.2) is 0 Å². The van der Waals surface area contributed by atoms with Crippen LogP contribution in [-0.4, -0.2) is 49.6 Å². The summed E-state index contributed by atoms with van der Waals surface area (Å²) in [4.78, 5) is 4.88. The van der Waals surface area contributed by atoms with Gasteiger partial charge >= 0.3 is 0 Å². The number of aryl methyl sites for hydroxylation is 1. The predicted octanol–water partition coefficient (Wildman–Crippen LogP) is 4.24. The van der Waals surface area contributed by atoms with E-state index in [9.17, 15) is 4.39 Å². The summed E-state index contributed by atoms with van der Waals surface area (Å²) < 4.78 is 19.8. The highest BCUT2D eigenvalue weighted by Gasteiger charge is 2.14. The molecule has 0 atom stereocenters. The van der Waals surface area contributed by atoms with Crippen molar-refractivity contribution in [1.82, 2.24) is 9.80 Å². The largest absolute Gasteiger partial charge is 0.488 e. The van der Waals surface area contributed by atoms with Gasteiger partial charge in [0, 0.05) is 31.7 Å². The first-order valence-electron chi connectivity index (χ1n) is 9.18. The summed E-state index contributed by atoms with van der Waals surface area (Å²) >= 11 is 6.09. The first-order valence-corrected chi connectivity index (χ1v) is 9.56. The molecular weight excluding hydrogens is 351 g/mol. The van der Waals surface area contributed by atoms with Crippen LogP contribution in [0.4, 0.5) is 4.39 Å². The quantitative estimate of drug-likeness (QED) is 0.718. The minimum Gasteiger partial charge on any atom is -0.488 e. The number of hydrogen-bond donors (Lipinski definition) is 0. The number of para-hydroxylation sites is 1. The van der Waals surface area contributed by atoms with Crippen LogP contribution in [0.3, 0.4) is 0 Å². The number of likely N-dealkylation sites (N-methyl/N-ethyl adjacent to an activating group) is 1. The molecule has 0 unspecified atom stereocenters. The van der Waals surface area contributed by atoms with Gasteiger partial charge in [-0.05, 0) is 50.2 Å². The molecule has 0 bridgehead atoms. The Morgan fingerprint density at radius 2 is 1.81 bits per heavy atom. The van der Waals surface area contributed by atoms with E-state index in [0.29, 0.717) is 10.6 Å². The maximum atomic E-state index is 13.9. The number of piperazine rings is 1. The van der Waals surface area contributed by atoms with Crippen molar-refractivity contribution in [3.8, 4) is 5.75 Å². The van der Waals surface area contributed by atoms with Crippen LogP contribution in [0, 0.1) is 5.82 Å². The summed E-state index contributed by atoms with van der Waals surface area (Å²) in [5.41, 5.74) is 1.57. The van der Waals surface area contributed by atoms with E-state index in [1.54, 1.807) is 12.1 Å². The maximum absolute atomic E-state index is 13.9. The molecule has 2 aromatic rings. The van der Waals surface area contributed by atoms with E-state index in [4.69, 9.17) is 16.3 Å². The third-order valence-electron chi connectivity index (χ3n) is 4.92. The van der Waals surface area contributed by atoms with Gasteiger partial charge in [-0.1, -0.05) is 35.9 Å². The second kappa shape index (κ2) is 9.36. The molecule has 3 rings (SSSR count). The molecule has 0 amide bonds. The standard InChI is InChI=1S/C21H26ClFN2O/c1-24-12-14-25(15-13-24)11-5-7-17-6-2-3-10-21(17)26-16-18-19(22)8-4-9-20(18)23/h2-4,6,8-10H,5,7,11-16H2,1H3. The van der Waals surface area contributed by atoms with E-state index in [2.05, 4.69) is 22.9 Å². The number of halogens is 2. The summed E-state index contributed by atoms with van der Waals surface area (Å²) in [5, 5.41) is 0.401. The molecule has 0 N–H and O–H groups in total. The molecule has 3 nitrogen and oxygen atoms in total. The smallest absolute Gasteiger partial charge is 0.131 e. The predicted molar refractivity (Wildman–Crippen MR) is 104 cm³/mol. The molecule has 1 fully saturated rings. The number of benzene rings is 2. The summed E-state index contributed by atoms with van der Waals surface area (Å²) in [6.07, 6.45) is 2.04. The average molecular weight is 377 g/mol.